The van der Waals surface area contributed by atoms with Crippen LogP contribution < -0.4 is 5.32 Å². The first-order chi connectivity index (χ1) is 7.36. The van der Waals surface area contributed by atoms with E-state index in [-0.39, 0.29) is 11.6 Å². The molecule has 1 atom stereocenters. The van der Waals surface area contributed by atoms with Gasteiger partial charge < -0.3 is 5.32 Å². The molecule has 0 fully saturated rings. The van der Waals surface area contributed by atoms with Gasteiger partial charge in [0.15, 0.2) is 0 Å². The average Bonchev–Trinajstić information content (AvgIpc) is 2.13. The van der Waals surface area contributed by atoms with Gasteiger partial charge in [0.2, 0.25) is 0 Å². The van der Waals surface area contributed by atoms with Crippen LogP contribution in [0.3, 0.4) is 0 Å². The molecule has 0 aromatic heterocycles. The Hall–Kier alpha value is -0.810. The van der Waals surface area contributed by atoms with Crippen LogP contribution in [0.1, 0.15) is 18.5 Å². The van der Waals surface area contributed by atoms with Crippen molar-refractivity contribution < 1.29 is 17.6 Å². The third-order valence-corrected chi connectivity index (χ3v) is 2.24. The molecule has 0 heterocycles. The van der Waals surface area contributed by atoms with E-state index in [1.807, 2.05) is 0 Å². The summed E-state index contributed by atoms with van der Waals surface area (Å²) >= 11 is 5.47. The molecule has 0 aliphatic carbocycles. The highest BCUT2D eigenvalue weighted by Gasteiger charge is 2.41. The molecular weight excluding hydrogens is 246 g/mol. The van der Waals surface area contributed by atoms with Gasteiger partial charge in [-0.1, -0.05) is 24.6 Å². The van der Waals surface area contributed by atoms with Crippen LogP contribution in [0.25, 0.3) is 0 Å². The maximum Gasteiger partial charge on any atom is 0.408 e. The Balaban J connectivity index is 3.11. The van der Waals surface area contributed by atoms with Gasteiger partial charge in [0.1, 0.15) is 11.9 Å². The summed E-state index contributed by atoms with van der Waals surface area (Å²) in [5.74, 6) is -0.962. The lowest BCUT2D eigenvalue weighted by Gasteiger charge is -2.21. The molecule has 1 nitrogen and oxygen atoms in total. The van der Waals surface area contributed by atoms with Crippen molar-refractivity contribution in [3.05, 3.63) is 34.6 Å². The zero-order chi connectivity index (χ0) is 12.3. The first-order valence-electron chi connectivity index (χ1n) is 4.61. The van der Waals surface area contributed by atoms with Crippen molar-refractivity contribution in [1.82, 2.24) is 5.32 Å². The van der Waals surface area contributed by atoms with E-state index in [2.05, 4.69) is 5.32 Å². The van der Waals surface area contributed by atoms with Gasteiger partial charge in [-0.3, -0.25) is 0 Å². The standard InChI is InChI=1S/C10H10ClF4N/c1-2-16-9(10(13,14)15)7-4-3-6(11)5-8(7)12/h3-5,9,16H,2H2,1H3. The molecule has 1 N–H and O–H groups in total. The summed E-state index contributed by atoms with van der Waals surface area (Å²) in [6.07, 6.45) is -4.54. The van der Waals surface area contributed by atoms with Gasteiger partial charge >= 0.3 is 6.18 Å². The molecule has 0 saturated carbocycles. The minimum absolute atomic E-state index is 0.0682. The second-order valence-electron chi connectivity index (χ2n) is 3.20. The molecule has 90 valence electrons. The minimum Gasteiger partial charge on any atom is -0.303 e. The lowest BCUT2D eigenvalue weighted by Crippen LogP contribution is -2.34. The summed E-state index contributed by atoms with van der Waals surface area (Å²) < 4.78 is 51.2. The largest absolute Gasteiger partial charge is 0.408 e. The Kier molecular flexibility index (Phi) is 4.15. The van der Waals surface area contributed by atoms with Crippen LogP contribution in [0.2, 0.25) is 5.02 Å². The fourth-order valence-electron chi connectivity index (χ4n) is 1.34. The fourth-order valence-corrected chi connectivity index (χ4v) is 1.50. The number of halogens is 5. The molecule has 0 radical (unpaired) electrons. The fraction of sp³-hybridized carbons (Fsp3) is 0.400. The molecule has 1 aromatic carbocycles. The quantitative estimate of drug-likeness (QED) is 0.812. The van der Waals surface area contributed by atoms with Crippen molar-refractivity contribution in [3.8, 4) is 0 Å². The van der Waals surface area contributed by atoms with Gasteiger partial charge in [-0.25, -0.2) is 4.39 Å². The second kappa shape index (κ2) is 5.01. The Morgan fingerprint density at radius 2 is 2.00 bits per heavy atom. The highest BCUT2D eigenvalue weighted by Crippen LogP contribution is 2.34. The van der Waals surface area contributed by atoms with Crippen molar-refractivity contribution >= 4 is 11.6 Å². The van der Waals surface area contributed by atoms with E-state index in [9.17, 15) is 17.6 Å². The van der Waals surface area contributed by atoms with Gasteiger partial charge in [-0.2, -0.15) is 13.2 Å². The highest BCUT2D eigenvalue weighted by atomic mass is 35.5. The van der Waals surface area contributed by atoms with Crippen LogP contribution in [0.15, 0.2) is 18.2 Å². The van der Waals surface area contributed by atoms with Gasteiger partial charge in [-0.05, 0) is 18.7 Å². The number of nitrogens with one attached hydrogen (secondary N) is 1. The summed E-state index contributed by atoms with van der Waals surface area (Å²) in [6, 6.07) is 1.14. The van der Waals surface area contributed by atoms with Gasteiger partial charge in [0.25, 0.3) is 0 Å². The lowest BCUT2D eigenvalue weighted by atomic mass is 10.1. The third-order valence-electron chi connectivity index (χ3n) is 2.01. The highest BCUT2D eigenvalue weighted by molar-refractivity contribution is 6.30. The van der Waals surface area contributed by atoms with Crippen LogP contribution in [0.5, 0.6) is 0 Å². The van der Waals surface area contributed by atoms with Crippen molar-refractivity contribution in [2.24, 2.45) is 0 Å². The summed E-state index contributed by atoms with van der Waals surface area (Å²) in [6.45, 7) is 1.61. The predicted molar refractivity (Wildman–Crippen MR) is 53.9 cm³/mol. The molecule has 1 rings (SSSR count). The molecule has 16 heavy (non-hydrogen) atoms. The third kappa shape index (κ3) is 3.09. The Morgan fingerprint density at radius 1 is 1.38 bits per heavy atom. The maximum atomic E-state index is 13.3. The second-order valence-corrected chi connectivity index (χ2v) is 3.63. The van der Waals surface area contributed by atoms with E-state index in [0.717, 1.165) is 12.1 Å². The molecule has 0 bridgehead atoms. The normalized spacial score (nSPS) is 13.9. The molecule has 6 heteroatoms. The van der Waals surface area contributed by atoms with Gasteiger partial charge in [0, 0.05) is 10.6 Å². The van der Waals surface area contributed by atoms with Crippen molar-refractivity contribution in [2.75, 3.05) is 6.54 Å². The summed E-state index contributed by atoms with van der Waals surface area (Å²) in [5.41, 5.74) is -0.446. The van der Waals surface area contributed by atoms with Crippen LogP contribution in [-0.4, -0.2) is 12.7 Å². The van der Waals surface area contributed by atoms with Crippen molar-refractivity contribution in [1.29, 1.82) is 0 Å². The van der Waals surface area contributed by atoms with E-state index in [0.29, 0.717) is 0 Å². The summed E-state index contributed by atoms with van der Waals surface area (Å²) in [5, 5.41) is 2.26. The first-order valence-corrected chi connectivity index (χ1v) is 4.99. The number of alkyl halides is 3. The molecular formula is C10H10ClF4N. The van der Waals surface area contributed by atoms with E-state index in [4.69, 9.17) is 11.6 Å². The van der Waals surface area contributed by atoms with E-state index < -0.39 is 23.6 Å². The number of rotatable bonds is 3. The first kappa shape index (κ1) is 13.3. The topological polar surface area (TPSA) is 12.0 Å². The monoisotopic (exact) mass is 255 g/mol. The molecule has 0 spiro atoms. The Labute approximate surface area is 95.4 Å². The molecule has 0 aliphatic heterocycles. The van der Waals surface area contributed by atoms with E-state index in [1.165, 1.54) is 13.0 Å². The Bertz CT molecular complexity index is 364. The van der Waals surface area contributed by atoms with Crippen molar-refractivity contribution in [3.63, 3.8) is 0 Å². The molecule has 1 aromatic rings. The van der Waals surface area contributed by atoms with Crippen LogP contribution in [0.4, 0.5) is 17.6 Å². The average molecular weight is 256 g/mol. The van der Waals surface area contributed by atoms with Crippen molar-refractivity contribution in [2.45, 2.75) is 19.1 Å². The number of hydrogen-bond acceptors (Lipinski definition) is 1. The maximum absolute atomic E-state index is 13.3. The van der Waals surface area contributed by atoms with Gasteiger partial charge in [-0.15, -0.1) is 0 Å². The van der Waals surface area contributed by atoms with Crippen LogP contribution in [0, 0.1) is 5.82 Å². The summed E-state index contributed by atoms with van der Waals surface area (Å²) in [7, 11) is 0. The van der Waals surface area contributed by atoms with E-state index >= 15 is 0 Å². The molecule has 0 saturated heterocycles. The van der Waals surface area contributed by atoms with Crippen LogP contribution >= 0.6 is 11.6 Å². The lowest BCUT2D eigenvalue weighted by molar-refractivity contribution is -0.158. The molecule has 0 amide bonds. The zero-order valence-corrected chi connectivity index (χ0v) is 9.16. The molecule has 1 unspecified atom stereocenters. The summed E-state index contributed by atoms with van der Waals surface area (Å²) in [4.78, 5) is 0. The van der Waals surface area contributed by atoms with E-state index in [1.54, 1.807) is 0 Å². The number of benzene rings is 1. The van der Waals surface area contributed by atoms with Gasteiger partial charge in [0.05, 0.1) is 0 Å². The minimum atomic E-state index is -4.54. The molecule has 0 aliphatic rings. The SMILES string of the molecule is CCNC(c1ccc(Cl)cc1F)C(F)(F)F. The Morgan fingerprint density at radius 3 is 2.44 bits per heavy atom. The zero-order valence-electron chi connectivity index (χ0n) is 8.41. The smallest absolute Gasteiger partial charge is 0.303 e. The van der Waals surface area contributed by atoms with Crippen LogP contribution in [-0.2, 0) is 0 Å². The predicted octanol–water partition coefficient (Wildman–Crippen LogP) is 3.69. The number of hydrogen-bond donors (Lipinski definition) is 1.